The van der Waals surface area contributed by atoms with Crippen LogP contribution in [0.2, 0.25) is 0 Å². The van der Waals surface area contributed by atoms with E-state index >= 15 is 0 Å². The number of carbonyl (C=O) groups excluding carboxylic acids is 1. The third-order valence-corrected chi connectivity index (χ3v) is 3.89. The van der Waals surface area contributed by atoms with Crippen molar-refractivity contribution >= 4 is 17.2 Å². The van der Waals surface area contributed by atoms with Crippen LogP contribution < -0.4 is 5.73 Å². The van der Waals surface area contributed by atoms with Crippen LogP contribution in [0.25, 0.3) is 0 Å². The lowest BCUT2D eigenvalue weighted by atomic mass is 10.2. The average molecular weight is 293 g/mol. The van der Waals surface area contributed by atoms with E-state index in [1.807, 2.05) is 6.92 Å². The maximum absolute atomic E-state index is 13.6. The number of nitrogens with two attached hydrogens (primary N) is 1. The lowest BCUT2D eigenvalue weighted by Gasteiger charge is -2.16. The van der Waals surface area contributed by atoms with Gasteiger partial charge in [0.15, 0.2) is 0 Å². The molecule has 1 aromatic carbocycles. The molecule has 1 heterocycles. The second-order valence-electron chi connectivity index (χ2n) is 4.61. The first-order chi connectivity index (χ1) is 9.49. The molecule has 1 aromatic heterocycles. The van der Waals surface area contributed by atoms with Gasteiger partial charge in [-0.3, -0.25) is 4.79 Å². The van der Waals surface area contributed by atoms with Gasteiger partial charge in [0.2, 0.25) is 0 Å². The minimum Gasteiger partial charge on any atom is -0.336 e. The Morgan fingerprint density at radius 3 is 2.80 bits per heavy atom. The van der Waals surface area contributed by atoms with Gasteiger partial charge in [0.05, 0.1) is 6.04 Å². The summed E-state index contributed by atoms with van der Waals surface area (Å²) in [6.45, 7) is 2.02. The minimum absolute atomic E-state index is 0.196. The van der Waals surface area contributed by atoms with Gasteiger partial charge < -0.3 is 10.6 Å². The van der Waals surface area contributed by atoms with Crippen LogP contribution in [0, 0.1) is 5.82 Å². The van der Waals surface area contributed by atoms with Gasteiger partial charge in [0.25, 0.3) is 5.91 Å². The number of carbonyl (C=O) groups is 1. The van der Waals surface area contributed by atoms with E-state index in [0.29, 0.717) is 16.3 Å². The minimum atomic E-state index is -0.318. The van der Waals surface area contributed by atoms with Gasteiger partial charge in [0, 0.05) is 24.5 Å². The van der Waals surface area contributed by atoms with Gasteiger partial charge in [-0.1, -0.05) is 18.2 Å². The van der Waals surface area contributed by atoms with Crippen molar-refractivity contribution in [3.63, 3.8) is 0 Å². The van der Waals surface area contributed by atoms with Crippen molar-refractivity contribution in [3.8, 4) is 0 Å². The Kier molecular flexibility index (Phi) is 4.46. The number of halogens is 1. The van der Waals surface area contributed by atoms with Crippen LogP contribution in [0.15, 0.2) is 29.6 Å². The Balaban J connectivity index is 2.10. The molecule has 0 fully saturated rings. The average Bonchev–Trinajstić information content (AvgIpc) is 2.90. The van der Waals surface area contributed by atoms with E-state index in [1.54, 1.807) is 30.6 Å². The lowest BCUT2D eigenvalue weighted by Crippen LogP contribution is -2.27. The fourth-order valence-electron chi connectivity index (χ4n) is 1.74. The summed E-state index contributed by atoms with van der Waals surface area (Å²) in [5.74, 6) is -0.557. The molecule has 2 N–H and O–H groups in total. The lowest BCUT2D eigenvalue weighted by molar-refractivity contribution is 0.0778. The maximum Gasteiger partial charge on any atom is 0.273 e. The van der Waals surface area contributed by atoms with Crippen molar-refractivity contribution in [1.82, 2.24) is 9.88 Å². The maximum atomic E-state index is 13.6. The Bertz CT molecular complexity index is 612. The van der Waals surface area contributed by atoms with Crippen LogP contribution in [-0.2, 0) is 6.54 Å². The fourth-order valence-corrected chi connectivity index (χ4v) is 2.50. The number of rotatable bonds is 4. The van der Waals surface area contributed by atoms with E-state index in [1.165, 1.54) is 22.3 Å². The molecule has 0 aliphatic carbocycles. The number of nitrogens with zero attached hydrogens (tertiary/aromatic N) is 2. The van der Waals surface area contributed by atoms with E-state index in [2.05, 4.69) is 4.98 Å². The molecule has 0 aliphatic rings. The van der Waals surface area contributed by atoms with Crippen molar-refractivity contribution in [2.75, 3.05) is 7.05 Å². The number of aromatic nitrogens is 1. The number of benzene rings is 1. The summed E-state index contributed by atoms with van der Waals surface area (Å²) >= 11 is 1.36. The molecule has 0 saturated heterocycles. The molecule has 2 rings (SSSR count). The third kappa shape index (κ3) is 3.20. The first kappa shape index (κ1) is 14.6. The molecular formula is C14H16FN3OS. The Morgan fingerprint density at radius 1 is 1.50 bits per heavy atom. The molecule has 0 spiro atoms. The molecule has 1 amide bonds. The van der Waals surface area contributed by atoms with Crippen LogP contribution in [-0.4, -0.2) is 22.8 Å². The van der Waals surface area contributed by atoms with E-state index < -0.39 is 0 Å². The number of hydrogen-bond acceptors (Lipinski definition) is 4. The highest BCUT2D eigenvalue weighted by Gasteiger charge is 2.17. The Morgan fingerprint density at radius 2 is 2.20 bits per heavy atom. The van der Waals surface area contributed by atoms with Gasteiger partial charge in [-0.2, -0.15) is 0 Å². The zero-order valence-corrected chi connectivity index (χ0v) is 12.2. The molecule has 0 aliphatic heterocycles. The molecular weight excluding hydrogens is 277 g/mol. The molecule has 0 saturated carbocycles. The highest BCUT2D eigenvalue weighted by molar-refractivity contribution is 7.09. The Labute approximate surface area is 121 Å². The summed E-state index contributed by atoms with van der Waals surface area (Å²) < 4.78 is 13.6. The second-order valence-corrected chi connectivity index (χ2v) is 5.50. The van der Waals surface area contributed by atoms with Gasteiger partial charge in [-0.25, -0.2) is 9.37 Å². The quantitative estimate of drug-likeness (QED) is 0.942. The van der Waals surface area contributed by atoms with Crippen molar-refractivity contribution < 1.29 is 9.18 Å². The largest absolute Gasteiger partial charge is 0.336 e. The zero-order chi connectivity index (χ0) is 14.7. The molecule has 0 bridgehead atoms. The van der Waals surface area contributed by atoms with Crippen LogP contribution in [0.4, 0.5) is 4.39 Å². The SMILES string of the molecule is CC(N)c1nc(C(=O)N(C)Cc2ccccc2F)cs1. The first-order valence-electron chi connectivity index (χ1n) is 6.19. The van der Waals surface area contributed by atoms with E-state index in [-0.39, 0.29) is 24.3 Å². The molecule has 4 nitrogen and oxygen atoms in total. The van der Waals surface area contributed by atoms with Crippen LogP contribution >= 0.6 is 11.3 Å². The van der Waals surface area contributed by atoms with Crippen LogP contribution in [0.5, 0.6) is 0 Å². The monoisotopic (exact) mass is 293 g/mol. The predicted octanol–water partition coefficient (Wildman–Crippen LogP) is 2.57. The number of thiazole rings is 1. The highest BCUT2D eigenvalue weighted by Crippen LogP contribution is 2.18. The summed E-state index contributed by atoms with van der Waals surface area (Å²) in [7, 11) is 1.62. The smallest absolute Gasteiger partial charge is 0.273 e. The zero-order valence-electron chi connectivity index (χ0n) is 11.3. The summed E-state index contributed by atoms with van der Waals surface area (Å²) in [5, 5.41) is 2.39. The second kappa shape index (κ2) is 6.11. The Hall–Kier alpha value is -1.79. The fraction of sp³-hybridized carbons (Fsp3) is 0.286. The molecule has 6 heteroatoms. The first-order valence-corrected chi connectivity index (χ1v) is 7.07. The topological polar surface area (TPSA) is 59.2 Å². The molecule has 1 atom stereocenters. The van der Waals surface area contributed by atoms with Crippen molar-refractivity contribution in [1.29, 1.82) is 0 Å². The molecule has 106 valence electrons. The van der Waals surface area contributed by atoms with Gasteiger partial charge in [0.1, 0.15) is 16.5 Å². The normalized spacial score (nSPS) is 12.2. The molecule has 2 aromatic rings. The predicted molar refractivity (Wildman–Crippen MR) is 76.9 cm³/mol. The van der Waals surface area contributed by atoms with E-state index in [0.717, 1.165) is 0 Å². The highest BCUT2D eigenvalue weighted by atomic mass is 32.1. The van der Waals surface area contributed by atoms with E-state index in [9.17, 15) is 9.18 Å². The van der Waals surface area contributed by atoms with Crippen molar-refractivity contribution in [2.24, 2.45) is 5.73 Å². The van der Waals surface area contributed by atoms with Gasteiger partial charge in [-0.05, 0) is 13.0 Å². The molecule has 0 radical (unpaired) electrons. The standard InChI is InChI=1S/C14H16FN3OS/c1-9(16)13-17-12(8-20-13)14(19)18(2)7-10-5-3-4-6-11(10)15/h3-6,8-9H,7,16H2,1-2H3. The third-order valence-electron chi connectivity index (χ3n) is 2.84. The summed E-state index contributed by atoms with van der Waals surface area (Å²) in [6, 6.07) is 6.21. The van der Waals surface area contributed by atoms with E-state index in [4.69, 9.17) is 5.73 Å². The van der Waals surface area contributed by atoms with Gasteiger partial charge in [-0.15, -0.1) is 11.3 Å². The molecule has 1 unspecified atom stereocenters. The molecule has 20 heavy (non-hydrogen) atoms. The summed E-state index contributed by atoms with van der Waals surface area (Å²) in [5.41, 5.74) is 6.55. The van der Waals surface area contributed by atoms with Gasteiger partial charge >= 0.3 is 0 Å². The summed E-state index contributed by atoms with van der Waals surface area (Å²) in [6.07, 6.45) is 0. The van der Waals surface area contributed by atoms with Crippen molar-refractivity contribution in [2.45, 2.75) is 19.5 Å². The summed E-state index contributed by atoms with van der Waals surface area (Å²) in [4.78, 5) is 17.8. The van der Waals surface area contributed by atoms with Crippen LogP contribution in [0.3, 0.4) is 0 Å². The number of hydrogen-bond donors (Lipinski definition) is 1. The van der Waals surface area contributed by atoms with Crippen molar-refractivity contribution in [3.05, 3.63) is 51.7 Å². The number of amides is 1. The van der Waals surface area contributed by atoms with Crippen LogP contribution in [0.1, 0.15) is 34.0 Å².